The molecule has 112 valence electrons. The van der Waals surface area contributed by atoms with E-state index in [1.807, 2.05) is 18.2 Å². The van der Waals surface area contributed by atoms with Crippen molar-refractivity contribution >= 4 is 5.91 Å². The van der Waals surface area contributed by atoms with Gasteiger partial charge >= 0.3 is 0 Å². The molecule has 0 saturated carbocycles. The summed E-state index contributed by atoms with van der Waals surface area (Å²) in [6, 6.07) is 7.25. The normalized spacial score (nSPS) is 17.7. The lowest BCUT2D eigenvalue weighted by atomic mass is 10.1. The van der Waals surface area contributed by atoms with E-state index >= 15 is 0 Å². The van der Waals surface area contributed by atoms with Crippen LogP contribution in [0.5, 0.6) is 0 Å². The molecule has 1 heterocycles. The zero-order valence-corrected chi connectivity index (χ0v) is 12.1. The summed E-state index contributed by atoms with van der Waals surface area (Å²) in [6.07, 6.45) is 3.79. The van der Waals surface area contributed by atoms with Gasteiger partial charge in [-0.3, -0.25) is 4.79 Å². The molecule has 1 aliphatic rings. The minimum atomic E-state index is -0.127. The Hall–Kier alpha value is -1.83. The highest BCUT2D eigenvalue weighted by Gasteiger charge is 2.16. The maximum Gasteiger partial charge on any atom is 0.252 e. The highest BCUT2D eigenvalue weighted by molar-refractivity contribution is 5.96. The zero-order valence-electron chi connectivity index (χ0n) is 12.1. The summed E-state index contributed by atoms with van der Waals surface area (Å²) >= 11 is 0. The fourth-order valence-electron chi connectivity index (χ4n) is 2.27. The van der Waals surface area contributed by atoms with Crippen LogP contribution in [-0.4, -0.2) is 36.9 Å². The number of hydrogen-bond donors (Lipinski definition) is 2. The molecule has 1 saturated heterocycles. The zero-order chi connectivity index (χ0) is 14.9. The van der Waals surface area contributed by atoms with Crippen LogP contribution in [-0.2, 0) is 4.74 Å². The molecule has 4 heteroatoms. The highest BCUT2D eigenvalue weighted by Crippen LogP contribution is 2.12. The van der Waals surface area contributed by atoms with Crippen LogP contribution in [0.1, 0.15) is 41.6 Å². The van der Waals surface area contributed by atoms with E-state index in [-0.39, 0.29) is 18.6 Å². The molecule has 4 nitrogen and oxygen atoms in total. The minimum Gasteiger partial charge on any atom is -0.395 e. The van der Waals surface area contributed by atoms with Crippen LogP contribution < -0.4 is 5.32 Å². The van der Waals surface area contributed by atoms with Gasteiger partial charge in [0.2, 0.25) is 0 Å². The molecule has 1 aliphatic heterocycles. The number of hydrogen-bond acceptors (Lipinski definition) is 3. The number of rotatable bonds is 4. The van der Waals surface area contributed by atoms with Gasteiger partial charge in [0.05, 0.1) is 18.3 Å². The van der Waals surface area contributed by atoms with Crippen molar-refractivity contribution < 1.29 is 14.6 Å². The second-order valence-corrected chi connectivity index (χ2v) is 5.02. The number of ether oxygens (including phenoxy) is 1. The fraction of sp³-hybridized carbons (Fsp3) is 0.471. The quantitative estimate of drug-likeness (QED) is 0.829. The lowest BCUT2D eigenvalue weighted by Crippen LogP contribution is -2.35. The molecule has 1 fully saturated rings. The van der Waals surface area contributed by atoms with Crippen molar-refractivity contribution in [3.05, 3.63) is 35.4 Å². The Balaban J connectivity index is 1.96. The first-order valence-electron chi connectivity index (χ1n) is 7.40. The maximum absolute atomic E-state index is 12.3. The third kappa shape index (κ3) is 4.89. The maximum atomic E-state index is 12.3. The average Bonchev–Trinajstić information content (AvgIpc) is 2.54. The predicted octanol–water partition coefficient (Wildman–Crippen LogP) is 1.72. The first kappa shape index (κ1) is 15.6. The number of aliphatic hydroxyl groups excluding tert-OH is 1. The molecule has 0 aliphatic carbocycles. The number of nitrogens with one attached hydrogen (secondary N) is 1. The summed E-state index contributed by atoms with van der Waals surface area (Å²) in [4.78, 5) is 12.3. The molecular formula is C17H21NO3. The Labute approximate surface area is 125 Å². The highest BCUT2D eigenvalue weighted by atomic mass is 16.5. The topological polar surface area (TPSA) is 58.6 Å². The molecule has 21 heavy (non-hydrogen) atoms. The van der Waals surface area contributed by atoms with Crippen LogP contribution in [0.25, 0.3) is 0 Å². The van der Waals surface area contributed by atoms with Gasteiger partial charge in [0, 0.05) is 25.1 Å². The van der Waals surface area contributed by atoms with Crippen LogP contribution >= 0.6 is 0 Å². The van der Waals surface area contributed by atoms with Crippen LogP contribution in [0.2, 0.25) is 0 Å². The van der Waals surface area contributed by atoms with Gasteiger partial charge in [0.15, 0.2) is 0 Å². The van der Waals surface area contributed by atoms with Crippen LogP contribution in [0.3, 0.4) is 0 Å². The van der Waals surface area contributed by atoms with E-state index in [1.165, 1.54) is 0 Å². The summed E-state index contributed by atoms with van der Waals surface area (Å²) < 4.78 is 5.60. The molecule has 1 amide bonds. The molecule has 1 unspecified atom stereocenters. The average molecular weight is 287 g/mol. The van der Waals surface area contributed by atoms with Crippen molar-refractivity contribution in [3.8, 4) is 11.8 Å². The summed E-state index contributed by atoms with van der Waals surface area (Å²) in [7, 11) is 0. The van der Waals surface area contributed by atoms with Crippen molar-refractivity contribution in [3.63, 3.8) is 0 Å². The second kappa shape index (κ2) is 8.46. The van der Waals surface area contributed by atoms with Gasteiger partial charge < -0.3 is 15.2 Å². The van der Waals surface area contributed by atoms with E-state index in [9.17, 15) is 4.79 Å². The summed E-state index contributed by atoms with van der Waals surface area (Å²) in [6.45, 7) is 1.35. The molecule has 0 spiro atoms. The first-order chi connectivity index (χ1) is 10.3. The molecule has 2 rings (SSSR count). The van der Waals surface area contributed by atoms with Gasteiger partial charge in [-0.2, -0.15) is 0 Å². The third-order valence-electron chi connectivity index (χ3n) is 3.40. The van der Waals surface area contributed by atoms with E-state index in [1.54, 1.807) is 6.07 Å². The monoisotopic (exact) mass is 287 g/mol. The van der Waals surface area contributed by atoms with Crippen molar-refractivity contribution in [1.29, 1.82) is 0 Å². The molecule has 2 N–H and O–H groups in total. The molecule has 1 atom stereocenters. The van der Waals surface area contributed by atoms with Gasteiger partial charge in [-0.15, -0.1) is 0 Å². The van der Waals surface area contributed by atoms with E-state index in [4.69, 9.17) is 9.84 Å². The molecule has 1 aromatic rings. The number of aliphatic hydroxyl groups is 1. The number of amides is 1. The predicted molar refractivity (Wildman–Crippen MR) is 80.9 cm³/mol. The summed E-state index contributed by atoms with van der Waals surface area (Å²) in [5.41, 5.74) is 1.26. The molecule has 1 aromatic carbocycles. The van der Waals surface area contributed by atoms with Crippen molar-refractivity contribution in [2.45, 2.75) is 31.8 Å². The van der Waals surface area contributed by atoms with Crippen molar-refractivity contribution in [2.75, 3.05) is 19.8 Å². The van der Waals surface area contributed by atoms with E-state index in [0.29, 0.717) is 24.1 Å². The minimum absolute atomic E-state index is 0.0282. The van der Waals surface area contributed by atoms with Gasteiger partial charge in [-0.05, 0) is 31.4 Å². The molecular weight excluding hydrogens is 266 g/mol. The number of carbonyl (C=O) groups excluding carboxylic acids is 1. The standard InChI is InChI=1S/C17H21NO3/c19-11-5-3-8-14-7-1-2-10-16(14)17(20)18-13-15-9-4-6-12-21-15/h1-2,7,10,15,19H,4-6,9,11-13H2,(H,18,20). The lowest BCUT2D eigenvalue weighted by molar-refractivity contribution is 0.0169. The SMILES string of the molecule is O=C(NCC1CCCCO1)c1ccccc1C#CCCO. The van der Waals surface area contributed by atoms with E-state index in [0.717, 1.165) is 25.9 Å². The van der Waals surface area contributed by atoms with E-state index in [2.05, 4.69) is 17.2 Å². The summed E-state index contributed by atoms with van der Waals surface area (Å²) in [5.74, 6) is 5.65. The Morgan fingerprint density at radius 3 is 3.00 bits per heavy atom. The Morgan fingerprint density at radius 2 is 2.24 bits per heavy atom. The van der Waals surface area contributed by atoms with Gasteiger partial charge in [0.1, 0.15) is 0 Å². The van der Waals surface area contributed by atoms with Crippen molar-refractivity contribution in [2.24, 2.45) is 0 Å². The third-order valence-corrected chi connectivity index (χ3v) is 3.40. The van der Waals surface area contributed by atoms with Crippen molar-refractivity contribution in [1.82, 2.24) is 5.32 Å². The number of benzene rings is 1. The first-order valence-corrected chi connectivity index (χ1v) is 7.40. The molecule has 0 radical (unpaired) electrons. The molecule has 0 aromatic heterocycles. The Morgan fingerprint density at radius 1 is 1.38 bits per heavy atom. The smallest absolute Gasteiger partial charge is 0.252 e. The fourth-order valence-corrected chi connectivity index (χ4v) is 2.27. The summed E-state index contributed by atoms with van der Waals surface area (Å²) in [5, 5.41) is 11.7. The largest absolute Gasteiger partial charge is 0.395 e. The van der Waals surface area contributed by atoms with Gasteiger partial charge in [-0.1, -0.05) is 24.0 Å². The Bertz CT molecular complexity index is 524. The molecule has 0 bridgehead atoms. The van der Waals surface area contributed by atoms with Crippen LogP contribution in [0, 0.1) is 11.8 Å². The van der Waals surface area contributed by atoms with Crippen LogP contribution in [0.15, 0.2) is 24.3 Å². The lowest BCUT2D eigenvalue weighted by Gasteiger charge is -2.22. The van der Waals surface area contributed by atoms with Gasteiger partial charge in [0.25, 0.3) is 5.91 Å². The Kier molecular flexibility index (Phi) is 6.26. The number of carbonyl (C=O) groups is 1. The van der Waals surface area contributed by atoms with Gasteiger partial charge in [-0.25, -0.2) is 0 Å². The second-order valence-electron chi connectivity index (χ2n) is 5.02. The van der Waals surface area contributed by atoms with Crippen LogP contribution in [0.4, 0.5) is 0 Å². The van der Waals surface area contributed by atoms with E-state index < -0.39 is 0 Å².